The van der Waals surface area contributed by atoms with Crippen molar-refractivity contribution < 1.29 is 4.74 Å². The number of methoxy groups -OCH3 is 1. The first-order chi connectivity index (χ1) is 10.0. The number of hydrogen-bond acceptors (Lipinski definition) is 2. The Labute approximate surface area is 126 Å². The first-order valence-electron chi connectivity index (χ1n) is 7.61. The molecule has 0 aliphatic heterocycles. The Kier molecular flexibility index (Phi) is 3.50. The molecule has 3 rings (SSSR count). The zero-order valence-corrected chi connectivity index (χ0v) is 13.0. The number of ether oxygens (including phenoxy) is 1. The molecule has 0 saturated carbocycles. The van der Waals surface area contributed by atoms with Gasteiger partial charge in [-0.1, -0.05) is 44.2 Å². The second-order valence-electron chi connectivity index (χ2n) is 6.27. The first-order valence-corrected chi connectivity index (χ1v) is 7.61. The van der Waals surface area contributed by atoms with E-state index in [1.807, 2.05) is 6.07 Å². The highest BCUT2D eigenvalue weighted by Gasteiger charge is 2.36. The molecule has 2 aromatic rings. The fourth-order valence-electron chi connectivity index (χ4n) is 3.25. The molecule has 0 saturated heterocycles. The van der Waals surface area contributed by atoms with Crippen LogP contribution in [0.5, 0.6) is 5.75 Å². The van der Waals surface area contributed by atoms with Gasteiger partial charge in [-0.15, -0.1) is 0 Å². The molecule has 0 bridgehead atoms. The lowest BCUT2D eigenvalue weighted by Crippen LogP contribution is -2.35. The van der Waals surface area contributed by atoms with E-state index in [1.165, 1.54) is 22.3 Å². The average Bonchev–Trinajstić information content (AvgIpc) is 2.85. The Morgan fingerprint density at radius 1 is 1.10 bits per heavy atom. The first kappa shape index (κ1) is 14.2. The molecule has 0 heterocycles. The molecule has 2 N–H and O–H groups in total. The van der Waals surface area contributed by atoms with Crippen molar-refractivity contribution in [2.24, 2.45) is 5.73 Å². The Balaban J connectivity index is 2.03. The number of aryl methyl sites for hydroxylation is 1. The quantitative estimate of drug-likeness (QED) is 0.924. The lowest BCUT2D eigenvalue weighted by Gasteiger charge is -2.27. The van der Waals surface area contributed by atoms with Crippen LogP contribution in [-0.2, 0) is 12.0 Å². The van der Waals surface area contributed by atoms with Gasteiger partial charge < -0.3 is 10.5 Å². The van der Waals surface area contributed by atoms with E-state index in [2.05, 4.69) is 50.2 Å². The lowest BCUT2D eigenvalue weighted by atomic mass is 9.84. The van der Waals surface area contributed by atoms with Gasteiger partial charge >= 0.3 is 0 Å². The van der Waals surface area contributed by atoms with Gasteiger partial charge in [0.05, 0.1) is 12.6 Å². The van der Waals surface area contributed by atoms with Gasteiger partial charge in [0, 0.05) is 0 Å². The summed E-state index contributed by atoms with van der Waals surface area (Å²) >= 11 is 0. The minimum Gasteiger partial charge on any atom is -0.497 e. The Morgan fingerprint density at radius 2 is 1.81 bits per heavy atom. The molecule has 0 radical (unpaired) electrons. The molecule has 0 aromatic heterocycles. The minimum atomic E-state index is -0.390. The highest BCUT2D eigenvalue weighted by molar-refractivity contribution is 5.50. The number of hydrogen-bond donors (Lipinski definition) is 1. The third-order valence-electron chi connectivity index (χ3n) is 4.68. The van der Waals surface area contributed by atoms with Crippen molar-refractivity contribution in [1.29, 1.82) is 0 Å². The van der Waals surface area contributed by atoms with E-state index in [0.717, 1.165) is 18.6 Å². The van der Waals surface area contributed by atoms with Gasteiger partial charge in [-0.25, -0.2) is 0 Å². The Hall–Kier alpha value is -1.80. The van der Waals surface area contributed by atoms with Crippen LogP contribution in [-0.4, -0.2) is 7.11 Å². The van der Waals surface area contributed by atoms with Gasteiger partial charge in [-0.2, -0.15) is 0 Å². The van der Waals surface area contributed by atoms with Crippen LogP contribution in [0.3, 0.4) is 0 Å². The molecule has 1 aliphatic carbocycles. The molecule has 1 unspecified atom stereocenters. The molecule has 1 aliphatic rings. The Morgan fingerprint density at radius 3 is 2.43 bits per heavy atom. The summed E-state index contributed by atoms with van der Waals surface area (Å²) in [5.74, 6) is 1.42. The second kappa shape index (κ2) is 5.19. The molecule has 110 valence electrons. The molecule has 2 nitrogen and oxygen atoms in total. The lowest BCUT2D eigenvalue weighted by molar-refractivity contribution is 0.413. The SMILES string of the molecule is COc1ccc2c(c1)C(N)(c1ccc(C(C)C)cc1)CC2. The van der Waals surface area contributed by atoms with Gasteiger partial charge in [0.25, 0.3) is 0 Å². The zero-order valence-electron chi connectivity index (χ0n) is 13.0. The van der Waals surface area contributed by atoms with Gasteiger partial charge in [0.2, 0.25) is 0 Å². The maximum Gasteiger partial charge on any atom is 0.119 e. The standard InChI is InChI=1S/C19H23NO/c1-13(2)14-4-7-16(8-5-14)19(20)11-10-15-6-9-17(21-3)12-18(15)19/h4-9,12-13H,10-11,20H2,1-3H3. The topological polar surface area (TPSA) is 35.2 Å². The number of fused-ring (bicyclic) bond motifs is 1. The largest absolute Gasteiger partial charge is 0.497 e. The predicted molar refractivity (Wildman–Crippen MR) is 86.8 cm³/mol. The van der Waals surface area contributed by atoms with Crippen LogP contribution >= 0.6 is 0 Å². The van der Waals surface area contributed by atoms with Gasteiger partial charge in [-0.3, -0.25) is 0 Å². The summed E-state index contributed by atoms with van der Waals surface area (Å²) in [4.78, 5) is 0. The monoisotopic (exact) mass is 281 g/mol. The van der Waals surface area contributed by atoms with Gasteiger partial charge in [0.1, 0.15) is 5.75 Å². The molecule has 21 heavy (non-hydrogen) atoms. The maximum absolute atomic E-state index is 6.79. The van der Waals surface area contributed by atoms with E-state index in [9.17, 15) is 0 Å². The Bertz CT molecular complexity index is 645. The molecule has 0 fully saturated rings. The summed E-state index contributed by atoms with van der Waals surface area (Å²) in [7, 11) is 1.70. The van der Waals surface area contributed by atoms with Crippen molar-refractivity contribution in [3.63, 3.8) is 0 Å². The van der Waals surface area contributed by atoms with Crippen molar-refractivity contribution >= 4 is 0 Å². The maximum atomic E-state index is 6.79. The summed E-state index contributed by atoms with van der Waals surface area (Å²) in [6.07, 6.45) is 1.98. The average molecular weight is 281 g/mol. The summed E-state index contributed by atoms with van der Waals surface area (Å²) in [5, 5.41) is 0. The number of benzene rings is 2. The van der Waals surface area contributed by atoms with E-state index in [4.69, 9.17) is 10.5 Å². The zero-order chi connectivity index (χ0) is 15.0. The van der Waals surface area contributed by atoms with E-state index in [0.29, 0.717) is 5.92 Å². The molecule has 2 aromatic carbocycles. The minimum absolute atomic E-state index is 0.390. The van der Waals surface area contributed by atoms with Crippen LogP contribution in [0.25, 0.3) is 0 Å². The van der Waals surface area contributed by atoms with Gasteiger partial charge in [-0.05, 0) is 53.1 Å². The van der Waals surface area contributed by atoms with Crippen LogP contribution in [0.4, 0.5) is 0 Å². The smallest absolute Gasteiger partial charge is 0.119 e. The fourth-order valence-corrected chi connectivity index (χ4v) is 3.25. The highest BCUT2D eigenvalue weighted by Crippen LogP contribution is 2.41. The number of rotatable bonds is 3. The molecule has 0 amide bonds. The molecule has 0 spiro atoms. The summed E-state index contributed by atoms with van der Waals surface area (Å²) < 4.78 is 5.36. The third-order valence-corrected chi connectivity index (χ3v) is 4.68. The van der Waals surface area contributed by atoms with Crippen molar-refractivity contribution in [3.8, 4) is 5.75 Å². The normalized spacial score (nSPS) is 20.6. The van der Waals surface area contributed by atoms with E-state index in [-0.39, 0.29) is 5.54 Å². The molecular weight excluding hydrogens is 258 g/mol. The van der Waals surface area contributed by atoms with E-state index >= 15 is 0 Å². The summed E-state index contributed by atoms with van der Waals surface area (Å²) in [6.45, 7) is 4.42. The van der Waals surface area contributed by atoms with Crippen molar-refractivity contribution in [3.05, 3.63) is 64.7 Å². The molecule has 2 heteroatoms. The van der Waals surface area contributed by atoms with E-state index < -0.39 is 0 Å². The second-order valence-corrected chi connectivity index (χ2v) is 6.27. The summed E-state index contributed by atoms with van der Waals surface area (Å²) in [5.41, 5.74) is 11.5. The predicted octanol–water partition coefficient (Wildman–Crippen LogP) is 3.97. The third kappa shape index (κ3) is 2.34. The van der Waals surface area contributed by atoms with Crippen LogP contribution in [0.15, 0.2) is 42.5 Å². The fraction of sp³-hybridized carbons (Fsp3) is 0.368. The highest BCUT2D eigenvalue weighted by atomic mass is 16.5. The van der Waals surface area contributed by atoms with Crippen molar-refractivity contribution in [1.82, 2.24) is 0 Å². The van der Waals surface area contributed by atoms with Gasteiger partial charge in [0.15, 0.2) is 0 Å². The van der Waals surface area contributed by atoms with Crippen LogP contribution in [0.1, 0.15) is 48.4 Å². The van der Waals surface area contributed by atoms with E-state index in [1.54, 1.807) is 7.11 Å². The van der Waals surface area contributed by atoms with Crippen molar-refractivity contribution in [2.45, 2.75) is 38.1 Å². The van der Waals surface area contributed by atoms with Crippen LogP contribution < -0.4 is 10.5 Å². The number of nitrogens with two attached hydrogens (primary N) is 1. The molecule has 1 atom stereocenters. The van der Waals surface area contributed by atoms with Crippen LogP contribution in [0, 0.1) is 0 Å². The molecular formula is C19H23NO. The summed E-state index contributed by atoms with van der Waals surface area (Å²) in [6, 6.07) is 15.0. The van der Waals surface area contributed by atoms with Crippen LogP contribution in [0.2, 0.25) is 0 Å². The van der Waals surface area contributed by atoms with Crippen molar-refractivity contribution in [2.75, 3.05) is 7.11 Å².